The molecule has 17 heavy (non-hydrogen) atoms. The van der Waals surface area contributed by atoms with E-state index in [2.05, 4.69) is 26.8 Å². The van der Waals surface area contributed by atoms with Gasteiger partial charge in [-0.1, -0.05) is 0 Å². The van der Waals surface area contributed by atoms with E-state index < -0.39 is 5.95 Å². The van der Waals surface area contributed by atoms with Crippen molar-refractivity contribution < 1.29 is 4.39 Å². The van der Waals surface area contributed by atoms with E-state index in [0.29, 0.717) is 11.3 Å². The van der Waals surface area contributed by atoms with Crippen LogP contribution in [-0.2, 0) is 6.54 Å². The Labute approximate surface area is 98.5 Å². The number of aromatic nitrogens is 3. The highest BCUT2D eigenvalue weighted by Gasteiger charge is 2.20. The Kier molecular flexibility index (Phi) is 2.40. The molecule has 3 heterocycles. The molecule has 0 spiro atoms. The minimum Gasteiger partial charge on any atom is -0.332 e. The highest BCUT2D eigenvalue weighted by atomic mass is 19.1. The van der Waals surface area contributed by atoms with Gasteiger partial charge in [0.15, 0.2) is 0 Å². The molecule has 0 saturated carbocycles. The summed E-state index contributed by atoms with van der Waals surface area (Å²) in [6.07, 6.45) is 3.34. The summed E-state index contributed by atoms with van der Waals surface area (Å²) in [7, 11) is 0. The van der Waals surface area contributed by atoms with Crippen molar-refractivity contribution in [2.45, 2.75) is 19.5 Å². The van der Waals surface area contributed by atoms with Crippen LogP contribution >= 0.6 is 0 Å². The number of hydrogen-bond acceptors (Lipinski definition) is 3. The topological polar surface area (TPSA) is 42.7 Å². The maximum atomic E-state index is 13.6. The van der Waals surface area contributed by atoms with Gasteiger partial charge < -0.3 is 9.88 Å². The predicted molar refractivity (Wildman–Crippen MR) is 61.8 cm³/mol. The maximum Gasteiger partial charge on any atom is 0.222 e. The largest absolute Gasteiger partial charge is 0.332 e. The molecule has 2 aromatic rings. The van der Waals surface area contributed by atoms with Crippen molar-refractivity contribution in [1.82, 2.24) is 19.9 Å². The molecular weight excluding hydrogens is 219 g/mol. The molecule has 1 N–H and O–H groups in total. The maximum absolute atomic E-state index is 13.6. The van der Waals surface area contributed by atoms with E-state index in [4.69, 9.17) is 0 Å². The fourth-order valence-corrected chi connectivity index (χ4v) is 2.15. The van der Waals surface area contributed by atoms with Crippen LogP contribution in [0.5, 0.6) is 0 Å². The van der Waals surface area contributed by atoms with Gasteiger partial charge in [-0.15, -0.1) is 0 Å². The Hall–Kier alpha value is -1.75. The predicted octanol–water partition coefficient (Wildman–Crippen LogP) is 1.75. The van der Waals surface area contributed by atoms with Crippen molar-refractivity contribution in [1.29, 1.82) is 0 Å². The van der Waals surface area contributed by atoms with Crippen molar-refractivity contribution in [2.75, 3.05) is 6.54 Å². The van der Waals surface area contributed by atoms with E-state index in [1.54, 1.807) is 12.1 Å². The van der Waals surface area contributed by atoms with Crippen LogP contribution in [0, 0.1) is 5.95 Å². The van der Waals surface area contributed by atoms with Gasteiger partial charge in [-0.2, -0.15) is 4.39 Å². The van der Waals surface area contributed by atoms with Crippen LogP contribution in [0.25, 0.3) is 11.3 Å². The Balaban J connectivity index is 2.08. The molecule has 0 bridgehead atoms. The normalized spacial score (nSPS) is 19.1. The van der Waals surface area contributed by atoms with E-state index in [0.717, 1.165) is 18.9 Å². The molecule has 0 amide bonds. The quantitative estimate of drug-likeness (QED) is 0.762. The molecule has 0 radical (unpaired) electrons. The second kappa shape index (κ2) is 3.92. The molecule has 0 saturated heterocycles. The lowest BCUT2D eigenvalue weighted by Gasteiger charge is -2.21. The smallest absolute Gasteiger partial charge is 0.222 e. The monoisotopic (exact) mass is 232 g/mol. The third-order valence-corrected chi connectivity index (χ3v) is 3.03. The second-order valence-corrected chi connectivity index (χ2v) is 4.20. The summed E-state index contributed by atoms with van der Waals surface area (Å²) in [4.78, 5) is 8.13. The summed E-state index contributed by atoms with van der Waals surface area (Å²) < 4.78 is 15.6. The Bertz CT molecular complexity index is 549. The van der Waals surface area contributed by atoms with Crippen molar-refractivity contribution >= 4 is 0 Å². The molecular formula is C12H13FN4. The third-order valence-electron chi connectivity index (χ3n) is 3.03. The molecule has 4 nitrogen and oxygen atoms in total. The van der Waals surface area contributed by atoms with Gasteiger partial charge >= 0.3 is 0 Å². The molecule has 88 valence electrons. The Morgan fingerprint density at radius 1 is 1.53 bits per heavy atom. The zero-order valence-electron chi connectivity index (χ0n) is 9.52. The molecule has 1 unspecified atom stereocenters. The fraction of sp³-hybridized carbons (Fsp3) is 0.333. The minimum atomic E-state index is -0.469. The second-order valence-electron chi connectivity index (χ2n) is 4.20. The molecule has 0 fully saturated rings. The zero-order valence-corrected chi connectivity index (χ0v) is 9.52. The van der Waals surface area contributed by atoms with Crippen molar-refractivity contribution in [3.05, 3.63) is 36.3 Å². The van der Waals surface area contributed by atoms with Gasteiger partial charge in [0.05, 0.1) is 17.3 Å². The van der Waals surface area contributed by atoms with E-state index >= 15 is 0 Å². The van der Waals surface area contributed by atoms with Crippen molar-refractivity contribution in [3.8, 4) is 11.3 Å². The standard InChI is InChI=1S/C12H13FN4/c1-8-12-16-10(7-17(12)6-5-14-8)9-3-2-4-15-11(9)13/h2-4,7-8,14H,5-6H2,1H3. The first-order valence-corrected chi connectivity index (χ1v) is 5.67. The van der Waals surface area contributed by atoms with Crippen molar-refractivity contribution in [3.63, 3.8) is 0 Å². The van der Waals surface area contributed by atoms with Gasteiger partial charge in [0.2, 0.25) is 5.95 Å². The summed E-state index contributed by atoms with van der Waals surface area (Å²) in [5.74, 6) is 0.484. The number of fused-ring (bicyclic) bond motifs is 1. The van der Waals surface area contributed by atoms with Crippen molar-refractivity contribution in [2.24, 2.45) is 0 Å². The van der Waals surface area contributed by atoms with Gasteiger partial charge in [-0.25, -0.2) is 9.97 Å². The van der Waals surface area contributed by atoms with E-state index in [1.165, 1.54) is 6.20 Å². The van der Waals surface area contributed by atoms with Gasteiger partial charge in [-0.3, -0.25) is 0 Å². The number of pyridine rings is 1. The molecule has 5 heteroatoms. The summed E-state index contributed by atoms with van der Waals surface area (Å²) >= 11 is 0. The summed E-state index contributed by atoms with van der Waals surface area (Å²) in [5, 5.41) is 3.32. The van der Waals surface area contributed by atoms with E-state index in [1.807, 2.05) is 6.20 Å². The van der Waals surface area contributed by atoms with Crippen LogP contribution < -0.4 is 5.32 Å². The Morgan fingerprint density at radius 3 is 3.18 bits per heavy atom. The molecule has 1 atom stereocenters. The van der Waals surface area contributed by atoms with Crippen LogP contribution in [-0.4, -0.2) is 21.1 Å². The van der Waals surface area contributed by atoms with Crippen LogP contribution in [0.1, 0.15) is 18.8 Å². The Morgan fingerprint density at radius 2 is 2.41 bits per heavy atom. The number of nitrogens with zero attached hydrogens (tertiary/aromatic N) is 3. The van der Waals surface area contributed by atoms with Crippen LogP contribution in [0.15, 0.2) is 24.5 Å². The highest BCUT2D eigenvalue weighted by molar-refractivity contribution is 5.58. The summed E-state index contributed by atoms with van der Waals surface area (Å²) in [6, 6.07) is 3.63. The van der Waals surface area contributed by atoms with E-state index in [9.17, 15) is 4.39 Å². The molecule has 0 aromatic carbocycles. The number of hydrogen-bond donors (Lipinski definition) is 1. The molecule has 3 rings (SSSR count). The lowest BCUT2D eigenvalue weighted by Crippen LogP contribution is -2.31. The average Bonchev–Trinajstić information content (AvgIpc) is 2.75. The molecule has 1 aliphatic rings. The van der Waals surface area contributed by atoms with Gasteiger partial charge in [0.25, 0.3) is 0 Å². The minimum absolute atomic E-state index is 0.206. The van der Waals surface area contributed by atoms with Gasteiger partial charge in [-0.05, 0) is 19.1 Å². The van der Waals surface area contributed by atoms with E-state index in [-0.39, 0.29) is 6.04 Å². The molecule has 0 aliphatic carbocycles. The van der Waals surface area contributed by atoms with Crippen LogP contribution in [0.4, 0.5) is 4.39 Å². The summed E-state index contributed by atoms with van der Waals surface area (Å²) in [6.45, 7) is 3.84. The SMILES string of the molecule is CC1NCCn2cc(-c3cccnc3F)nc21. The lowest BCUT2D eigenvalue weighted by molar-refractivity contribution is 0.437. The van der Waals surface area contributed by atoms with Crippen LogP contribution in [0.3, 0.4) is 0 Å². The number of halogens is 1. The zero-order chi connectivity index (χ0) is 11.8. The fourth-order valence-electron chi connectivity index (χ4n) is 2.15. The number of nitrogens with one attached hydrogen (secondary N) is 1. The first kappa shape index (κ1) is 10.4. The highest BCUT2D eigenvalue weighted by Crippen LogP contribution is 2.24. The summed E-state index contributed by atoms with van der Waals surface area (Å²) in [5.41, 5.74) is 1.11. The van der Waals surface area contributed by atoms with Crippen LogP contribution in [0.2, 0.25) is 0 Å². The van der Waals surface area contributed by atoms with Gasteiger partial charge in [0, 0.05) is 25.5 Å². The first-order valence-electron chi connectivity index (χ1n) is 5.67. The molecule has 2 aromatic heterocycles. The third kappa shape index (κ3) is 1.72. The average molecular weight is 232 g/mol. The lowest BCUT2D eigenvalue weighted by atomic mass is 10.2. The number of imidazole rings is 1. The number of rotatable bonds is 1. The van der Waals surface area contributed by atoms with Gasteiger partial charge in [0.1, 0.15) is 5.82 Å². The first-order chi connectivity index (χ1) is 8.25. The molecule has 1 aliphatic heterocycles.